The number of alkyl halides is 6. The summed E-state index contributed by atoms with van der Waals surface area (Å²) in [5, 5.41) is 1.03. The first-order valence-electron chi connectivity index (χ1n) is 5.50. The minimum atomic E-state index is -1.91. The van der Waals surface area contributed by atoms with E-state index in [1.54, 1.807) is 18.2 Å². The molecule has 0 fully saturated rings. The third kappa shape index (κ3) is 5.70. The number of benzene rings is 1. The second-order valence-corrected chi connectivity index (χ2v) is 10.4. The van der Waals surface area contributed by atoms with Gasteiger partial charge in [-0.1, -0.05) is 92.8 Å². The minimum Gasteiger partial charge on any atom is -0.209 e. The smallest absolute Gasteiger partial charge is 0.209 e. The fraction of sp³-hybridized carbons (Fsp3) is 0.182. The number of hydrogen-bond acceptors (Lipinski definition) is 4. The van der Waals surface area contributed by atoms with E-state index >= 15 is 0 Å². The van der Waals surface area contributed by atoms with E-state index in [-0.39, 0.29) is 16.8 Å². The lowest BCUT2D eigenvalue weighted by Crippen LogP contribution is -2.16. The van der Waals surface area contributed by atoms with Crippen molar-refractivity contribution in [3.8, 4) is 0 Å². The molecule has 0 saturated carbocycles. The summed E-state index contributed by atoms with van der Waals surface area (Å²) >= 11 is 47.9. The molecule has 2 aromatic rings. The van der Waals surface area contributed by atoms with Crippen molar-refractivity contribution in [2.24, 2.45) is 0 Å². The monoisotopic (exact) mass is 489 g/mol. The lowest BCUT2D eigenvalue weighted by molar-refractivity contribution is 0.768. The van der Waals surface area contributed by atoms with E-state index in [0.29, 0.717) is 14.9 Å². The Morgan fingerprint density at radius 2 is 1.30 bits per heavy atom. The van der Waals surface area contributed by atoms with Gasteiger partial charge in [-0.15, -0.1) is 0 Å². The third-order valence-electron chi connectivity index (χ3n) is 2.22. The molecular weight excluding hydrogens is 490 g/mol. The molecule has 0 aliphatic rings. The summed E-state index contributed by atoms with van der Waals surface area (Å²) < 4.78 is -3.82. The maximum Gasteiger partial charge on any atom is 0.250 e. The summed E-state index contributed by atoms with van der Waals surface area (Å²) in [4.78, 5) is 12.6. The Labute approximate surface area is 175 Å². The van der Waals surface area contributed by atoms with Crippen LogP contribution in [0.3, 0.4) is 0 Å². The molecule has 0 unspecified atom stereocenters. The van der Waals surface area contributed by atoms with Gasteiger partial charge in [0, 0.05) is 9.92 Å². The van der Waals surface area contributed by atoms with Crippen molar-refractivity contribution in [3.63, 3.8) is 0 Å². The molecule has 1 aromatic carbocycles. The van der Waals surface area contributed by atoms with Crippen LogP contribution >= 0.6 is 105 Å². The zero-order valence-corrected chi connectivity index (χ0v) is 17.4. The number of nitrogens with zero attached hydrogens (tertiary/aromatic N) is 3. The zero-order valence-electron chi connectivity index (χ0n) is 10.5. The highest BCUT2D eigenvalue weighted by Crippen LogP contribution is 2.42. The molecule has 0 aliphatic carbocycles. The van der Waals surface area contributed by atoms with Crippen LogP contribution in [0.25, 0.3) is 0 Å². The average Bonchev–Trinajstić information content (AvgIpc) is 2.40. The topological polar surface area (TPSA) is 38.7 Å². The van der Waals surface area contributed by atoms with Crippen molar-refractivity contribution in [3.05, 3.63) is 39.9 Å². The third-order valence-corrected chi connectivity index (χ3v) is 4.83. The Hall–Kier alpha value is 0.900. The molecule has 12 heteroatoms. The van der Waals surface area contributed by atoms with Gasteiger partial charge < -0.3 is 0 Å². The molecule has 0 spiro atoms. The van der Waals surface area contributed by atoms with Crippen LogP contribution < -0.4 is 0 Å². The van der Waals surface area contributed by atoms with Gasteiger partial charge in [0.15, 0.2) is 16.8 Å². The molecule has 0 atom stereocenters. The van der Waals surface area contributed by atoms with Crippen LogP contribution in [0.1, 0.15) is 11.6 Å². The van der Waals surface area contributed by atoms with Crippen LogP contribution in [-0.4, -0.2) is 15.0 Å². The summed E-state index contributed by atoms with van der Waals surface area (Å²) in [5.41, 5.74) is 0. The highest BCUT2D eigenvalue weighted by Gasteiger charge is 2.34. The van der Waals surface area contributed by atoms with Gasteiger partial charge in [-0.3, -0.25) is 0 Å². The molecular formula is C11H3Cl8N3S. The van der Waals surface area contributed by atoms with Crippen LogP contribution in [0.4, 0.5) is 0 Å². The van der Waals surface area contributed by atoms with Crippen molar-refractivity contribution in [1.29, 1.82) is 0 Å². The first-order valence-corrected chi connectivity index (χ1v) is 9.34. The van der Waals surface area contributed by atoms with E-state index < -0.39 is 7.59 Å². The highest BCUT2D eigenvalue weighted by atomic mass is 35.6. The summed E-state index contributed by atoms with van der Waals surface area (Å²) in [5.74, 6) is -0.349. The SMILES string of the molecule is Clc1ccc(Sc2nc(C(Cl)(Cl)Cl)nc(C(Cl)(Cl)Cl)n2)c(Cl)c1. The van der Waals surface area contributed by atoms with Gasteiger partial charge in [-0.05, 0) is 30.0 Å². The van der Waals surface area contributed by atoms with E-state index in [0.717, 1.165) is 11.8 Å². The molecule has 1 heterocycles. The van der Waals surface area contributed by atoms with Gasteiger partial charge in [-0.25, -0.2) is 15.0 Å². The lowest BCUT2D eigenvalue weighted by atomic mass is 10.4. The van der Waals surface area contributed by atoms with Crippen molar-refractivity contribution < 1.29 is 0 Å². The first-order chi connectivity index (χ1) is 10.5. The predicted octanol–water partition coefficient (Wildman–Crippen LogP) is 6.98. The molecule has 0 aliphatic heterocycles. The van der Waals surface area contributed by atoms with Crippen LogP contribution in [0, 0.1) is 0 Å². The van der Waals surface area contributed by atoms with Gasteiger partial charge in [0.1, 0.15) is 0 Å². The molecule has 1 aromatic heterocycles. The largest absolute Gasteiger partial charge is 0.250 e. The van der Waals surface area contributed by atoms with Crippen LogP contribution in [-0.2, 0) is 7.59 Å². The van der Waals surface area contributed by atoms with E-state index in [2.05, 4.69) is 15.0 Å². The second-order valence-electron chi connectivity index (χ2n) is 3.94. The predicted molar refractivity (Wildman–Crippen MR) is 98.9 cm³/mol. The lowest BCUT2D eigenvalue weighted by Gasteiger charge is -2.15. The Morgan fingerprint density at radius 1 is 0.783 bits per heavy atom. The minimum absolute atomic E-state index is 0.145. The average molecular weight is 493 g/mol. The van der Waals surface area contributed by atoms with Gasteiger partial charge in [-0.2, -0.15) is 0 Å². The summed E-state index contributed by atoms with van der Waals surface area (Å²) in [6.07, 6.45) is 0. The van der Waals surface area contributed by atoms with Gasteiger partial charge in [0.05, 0.1) is 5.02 Å². The molecule has 0 amide bonds. The van der Waals surface area contributed by atoms with E-state index in [9.17, 15) is 0 Å². The van der Waals surface area contributed by atoms with Crippen molar-refractivity contribution in [2.75, 3.05) is 0 Å². The fourth-order valence-corrected chi connectivity index (χ4v) is 3.10. The van der Waals surface area contributed by atoms with Crippen LogP contribution in [0.15, 0.2) is 28.3 Å². The Kier molecular flexibility index (Phi) is 6.72. The Balaban J connectivity index is 2.49. The quantitative estimate of drug-likeness (QED) is 0.424. The molecule has 0 saturated heterocycles. The van der Waals surface area contributed by atoms with Gasteiger partial charge in [0.25, 0.3) is 0 Å². The number of rotatable bonds is 2. The number of hydrogen-bond donors (Lipinski definition) is 0. The van der Waals surface area contributed by atoms with E-state index in [4.69, 9.17) is 92.8 Å². The van der Waals surface area contributed by atoms with Crippen molar-refractivity contribution >= 4 is 105 Å². The zero-order chi connectivity index (χ0) is 17.4. The Morgan fingerprint density at radius 3 is 1.74 bits per heavy atom. The van der Waals surface area contributed by atoms with Crippen molar-refractivity contribution in [1.82, 2.24) is 15.0 Å². The summed E-state index contributed by atoms with van der Waals surface area (Å²) in [6, 6.07) is 4.91. The summed E-state index contributed by atoms with van der Waals surface area (Å²) in [6.45, 7) is 0. The van der Waals surface area contributed by atoms with Gasteiger partial charge in [0.2, 0.25) is 7.59 Å². The molecule has 0 radical (unpaired) electrons. The second kappa shape index (κ2) is 7.65. The van der Waals surface area contributed by atoms with Crippen molar-refractivity contribution in [2.45, 2.75) is 17.6 Å². The van der Waals surface area contributed by atoms with E-state index in [1.165, 1.54) is 0 Å². The standard InChI is InChI=1S/C11H3Cl8N3S/c12-4-1-2-6(5(13)3-4)23-9-21-7(10(14,15)16)20-8(22-9)11(17,18)19/h1-3H. The molecule has 0 bridgehead atoms. The molecule has 0 N–H and O–H groups in total. The first kappa shape index (κ1) is 20.2. The number of halogens is 8. The molecule has 3 nitrogen and oxygen atoms in total. The normalized spacial score (nSPS) is 12.5. The van der Waals surface area contributed by atoms with E-state index in [1.807, 2.05) is 0 Å². The Bertz CT molecular complexity index is 696. The van der Waals surface area contributed by atoms with Crippen LogP contribution in [0.2, 0.25) is 10.0 Å². The maximum absolute atomic E-state index is 6.11. The molecule has 23 heavy (non-hydrogen) atoms. The van der Waals surface area contributed by atoms with Gasteiger partial charge >= 0.3 is 0 Å². The molecule has 124 valence electrons. The van der Waals surface area contributed by atoms with Crippen LogP contribution in [0.5, 0.6) is 0 Å². The fourth-order valence-electron chi connectivity index (χ4n) is 1.31. The highest BCUT2D eigenvalue weighted by molar-refractivity contribution is 7.99. The number of aromatic nitrogens is 3. The molecule has 2 rings (SSSR count). The summed E-state index contributed by atoms with van der Waals surface area (Å²) in [7, 11) is 0. The maximum atomic E-state index is 6.11.